The molecule has 21 heavy (non-hydrogen) atoms. The Morgan fingerprint density at radius 2 is 2.14 bits per heavy atom. The van der Waals surface area contributed by atoms with Crippen molar-refractivity contribution < 1.29 is 19.1 Å². The Kier molecular flexibility index (Phi) is 3.28. The molecule has 6 heteroatoms. The molecular formula is C15H14BrNO4. The van der Waals surface area contributed by atoms with Gasteiger partial charge in [-0.3, -0.25) is 9.59 Å². The molecule has 3 rings (SSSR count). The number of benzene rings is 1. The molecule has 0 unspecified atom stereocenters. The van der Waals surface area contributed by atoms with Gasteiger partial charge in [-0.1, -0.05) is 15.9 Å². The number of nitrogens with one attached hydrogen (secondary N) is 1. The first-order valence-corrected chi connectivity index (χ1v) is 7.42. The van der Waals surface area contributed by atoms with E-state index in [0.29, 0.717) is 18.4 Å². The summed E-state index contributed by atoms with van der Waals surface area (Å²) in [4.78, 5) is 23.3. The third-order valence-electron chi connectivity index (χ3n) is 4.00. The lowest BCUT2D eigenvalue weighted by molar-refractivity contribution is -0.143. The molecule has 1 amide bonds. The number of hydrogen-bond acceptors (Lipinski definition) is 3. The van der Waals surface area contributed by atoms with Gasteiger partial charge in [-0.2, -0.15) is 0 Å². The second kappa shape index (κ2) is 4.87. The molecule has 1 aliphatic rings. The largest absolute Gasteiger partial charge is 0.481 e. The number of carboxylic acid groups (broad SMARTS) is 1. The Balaban J connectivity index is 1.82. The van der Waals surface area contributed by atoms with Gasteiger partial charge in [0.1, 0.15) is 5.58 Å². The fourth-order valence-corrected chi connectivity index (χ4v) is 2.72. The van der Waals surface area contributed by atoms with Crippen LogP contribution in [-0.4, -0.2) is 23.5 Å². The number of hydrogen-bond donors (Lipinski definition) is 2. The maximum absolute atomic E-state index is 12.2. The highest BCUT2D eigenvalue weighted by Crippen LogP contribution is 2.45. The second-order valence-corrected chi connectivity index (χ2v) is 6.38. The summed E-state index contributed by atoms with van der Waals surface area (Å²) in [7, 11) is 0. The van der Waals surface area contributed by atoms with Crippen LogP contribution in [0, 0.1) is 12.3 Å². The Labute approximate surface area is 129 Å². The zero-order valence-electron chi connectivity index (χ0n) is 11.4. The molecule has 0 radical (unpaired) electrons. The van der Waals surface area contributed by atoms with Crippen LogP contribution in [0.15, 0.2) is 27.1 Å². The average Bonchev–Trinajstić information content (AvgIpc) is 3.18. The van der Waals surface area contributed by atoms with Crippen LogP contribution in [0.2, 0.25) is 0 Å². The van der Waals surface area contributed by atoms with E-state index in [-0.39, 0.29) is 18.2 Å². The number of aliphatic carboxylic acids is 1. The van der Waals surface area contributed by atoms with Crippen molar-refractivity contribution in [2.45, 2.75) is 19.8 Å². The van der Waals surface area contributed by atoms with E-state index in [4.69, 9.17) is 9.52 Å². The highest BCUT2D eigenvalue weighted by Gasteiger charge is 2.50. The number of carbonyl (C=O) groups excluding carboxylic acids is 1. The van der Waals surface area contributed by atoms with Crippen molar-refractivity contribution in [2.24, 2.45) is 5.41 Å². The van der Waals surface area contributed by atoms with Crippen molar-refractivity contribution in [1.82, 2.24) is 5.32 Å². The van der Waals surface area contributed by atoms with Crippen molar-refractivity contribution in [1.29, 1.82) is 0 Å². The van der Waals surface area contributed by atoms with Crippen LogP contribution in [0.25, 0.3) is 11.0 Å². The quantitative estimate of drug-likeness (QED) is 0.886. The van der Waals surface area contributed by atoms with Crippen LogP contribution < -0.4 is 5.32 Å². The third-order valence-corrected chi connectivity index (χ3v) is 4.49. The van der Waals surface area contributed by atoms with Crippen LogP contribution in [0.4, 0.5) is 0 Å². The molecule has 1 aromatic carbocycles. The number of furan rings is 1. The van der Waals surface area contributed by atoms with Gasteiger partial charge in [0.15, 0.2) is 5.76 Å². The van der Waals surface area contributed by atoms with Gasteiger partial charge < -0.3 is 14.8 Å². The smallest absolute Gasteiger partial charge is 0.311 e. The molecule has 0 saturated heterocycles. The standard InChI is InChI=1S/C15H14BrNO4/c1-8-10-6-9(16)2-3-11(10)21-12(8)13(18)17-7-15(4-5-15)14(19)20/h2-3,6H,4-5,7H2,1H3,(H,17,18)(H,19,20). The monoisotopic (exact) mass is 351 g/mol. The van der Waals surface area contributed by atoms with E-state index >= 15 is 0 Å². The predicted octanol–water partition coefficient (Wildman–Crippen LogP) is 3.10. The second-order valence-electron chi connectivity index (χ2n) is 5.46. The molecule has 1 aliphatic carbocycles. The molecule has 2 aromatic rings. The van der Waals surface area contributed by atoms with Gasteiger partial charge in [0, 0.05) is 22.0 Å². The van der Waals surface area contributed by atoms with E-state index in [2.05, 4.69) is 21.2 Å². The van der Waals surface area contributed by atoms with Crippen molar-refractivity contribution in [2.75, 3.05) is 6.54 Å². The fourth-order valence-electron chi connectivity index (χ4n) is 2.36. The number of amides is 1. The van der Waals surface area contributed by atoms with Gasteiger partial charge in [0.25, 0.3) is 5.91 Å². The van der Waals surface area contributed by atoms with Gasteiger partial charge in [0.2, 0.25) is 0 Å². The number of carboxylic acids is 1. The average molecular weight is 352 g/mol. The summed E-state index contributed by atoms with van der Waals surface area (Å²) >= 11 is 3.39. The van der Waals surface area contributed by atoms with Gasteiger partial charge in [0.05, 0.1) is 5.41 Å². The molecule has 0 spiro atoms. The minimum atomic E-state index is -0.854. The minimum Gasteiger partial charge on any atom is -0.481 e. The van der Waals surface area contributed by atoms with Crippen molar-refractivity contribution in [3.63, 3.8) is 0 Å². The van der Waals surface area contributed by atoms with Crippen LogP contribution in [0.1, 0.15) is 29.0 Å². The molecule has 1 fully saturated rings. The normalized spacial score (nSPS) is 15.9. The highest BCUT2D eigenvalue weighted by molar-refractivity contribution is 9.10. The van der Waals surface area contributed by atoms with Crippen molar-refractivity contribution >= 4 is 38.8 Å². The SMILES string of the molecule is Cc1c(C(=O)NCC2(C(=O)O)CC2)oc2ccc(Br)cc12. The molecule has 2 N–H and O–H groups in total. The zero-order valence-corrected chi connectivity index (χ0v) is 13.0. The van der Waals surface area contributed by atoms with Gasteiger partial charge in [-0.05, 0) is 38.0 Å². The number of fused-ring (bicyclic) bond motifs is 1. The first-order chi connectivity index (χ1) is 9.93. The van der Waals surface area contributed by atoms with Crippen LogP contribution in [0.5, 0.6) is 0 Å². The summed E-state index contributed by atoms with van der Waals surface area (Å²) in [5, 5.41) is 12.7. The Morgan fingerprint density at radius 1 is 1.43 bits per heavy atom. The molecule has 1 heterocycles. The van der Waals surface area contributed by atoms with Gasteiger partial charge in [-0.25, -0.2) is 0 Å². The Morgan fingerprint density at radius 3 is 2.76 bits per heavy atom. The predicted molar refractivity (Wildman–Crippen MR) is 80.3 cm³/mol. The summed E-state index contributed by atoms with van der Waals surface area (Å²) in [6, 6.07) is 5.53. The Bertz CT molecular complexity index is 745. The van der Waals surface area contributed by atoms with E-state index < -0.39 is 11.4 Å². The maximum atomic E-state index is 12.2. The summed E-state index contributed by atoms with van der Waals surface area (Å²) in [5.74, 6) is -0.982. The third kappa shape index (κ3) is 2.44. The summed E-state index contributed by atoms with van der Waals surface area (Å²) in [6.07, 6.45) is 1.21. The topological polar surface area (TPSA) is 79.5 Å². The molecule has 0 bridgehead atoms. The molecule has 1 saturated carbocycles. The van der Waals surface area contributed by atoms with Crippen LogP contribution in [0.3, 0.4) is 0 Å². The molecule has 110 valence electrons. The van der Waals surface area contributed by atoms with E-state index in [1.54, 1.807) is 6.07 Å². The van der Waals surface area contributed by atoms with Crippen molar-refractivity contribution in [3.8, 4) is 0 Å². The minimum absolute atomic E-state index is 0.140. The van der Waals surface area contributed by atoms with E-state index in [0.717, 1.165) is 15.4 Å². The molecule has 0 aliphatic heterocycles. The summed E-state index contributed by atoms with van der Waals surface area (Å²) in [5.41, 5.74) is 0.614. The maximum Gasteiger partial charge on any atom is 0.311 e. The molecule has 0 atom stereocenters. The zero-order chi connectivity index (χ0) is 15.2. The van der Waals surface area contributed by atoms with E-state index in [9.17, 15) is 9.59 Å². The van der Waals surface area contributed by atoms with E-state index in [1.165, 1.54) is 0 Å². The lowest BCUT2D eigenvalue weighted by Gasteiger charge is -2.10. The molecular weight excluding hydrogens is 338 g/mol. The first-order valence-electron chi connectivity index (χ1n) is 6.63. The number of aryl methyl sites for hydroxylation is 1. The lowest BCUT2D eigenvalue weighted by Crippen LogP contribution is -2.34. The molecule has 5 nitrogen and oxygen atoms in total. The fraction of sp³-hybridized carbons (Fsp3) is 0.333. The van der Waals surface area contributed by atoms with Crippen molar-refractivity contribution in [3.05, 3.63) is 34.0 Å². The number of carbonyl (C=O) groups is 2. The van der Waals surface area contributed by atoms with E-state index in [1.807, 2.05) is 19.1 Å². The number of rotatable bonds is 4. The summed E-state index contributed by atoms with van der Waals surface area (Å²) < 4.78 is 6.49. The van der Waals surface area contributed by atoms with Crippen LogP contribution >= 0.6 is 15.9 Å². The lowest BCUT2D eigenvalue weighted by atomic mass is 10.1. The van der Waals surface area contributed by atoms with Crippen LogP contribution in [-0.2, 0) is 4.79 Å². The van der Waals surface area contributed by atoms with Gasteiger partial charge in [-0.15, -0.1) is 0 Å². The first kappa shape index (κ1) is 14.1. The van der Waals surface area contributed by atoms with Gasteiger partial charge >= 0.3 is 5.97 Å². The number of halogens is 1. The summed E-state index contributed by atoms with van der Waals surface area (Å²) in [6.45, 7) is 1.96. The highest BCUT2D eigenvalue weighted by atomic mass is 79.9. The Hall–Kier alpha value is -1.82. The molecule has 1 aromatic heterocycles.